The van der Waals surface area contributed by atoms with Crippen LogP contribution in [0.5, 0.6) is 0 Å². The zero-order valence-electron chi connectivity index (χ0n) is 21.5. The van der Waals surface area contributed by atoms with E-state index in [4.69, 9.17) is 21.7 Å². The molecule has 1 unspecified atom stereocenters. The fourth-order valence-electron chi connectivity index (χ4n) is 4.19. The zero-order chi connectivity index (χ0) is 27.9. The molecule has 1 fully saturated rings. The van der Waals surface area contributed by atoms with E-state index in [9.17, 15) is 19.2 Å². The summed E-state index contributed by atoms with van der Waals surface area (Å²) < 4.78 is 9.73. The molecule has 1 N–H and O–H groups in total. The van der Waals surface area contributed by atoms with Crippen LogP contribution in [0.15, 0.2) is 78.9 Å². The van der Waals surface area contributed by atoms with Crippen molar-refractivity contribution >= 4 is 52.5 Å². The van der Waals surface area contributed by atoms with E-state index in [0.717, 1.165) is 5.56 Å². The molecule has 0 aliphatic carbocycles. The van der Waals surface area contributed by atoms with Crippen molar-refractivity contribution in [3.05, 3.63) is 95.6 Å². The maximum Gasteiger partial charge on any atom is 0.338 e. The Balaban J connectivity index is 1.55. The van der Waals surface area contributed by atoms with Crippen molar-refractivity contribution in [2.24, 2.45) is 0 Å². The molecule has 0 radical (unpaired) electrons. The van der Waals surface area contributed by atoms with E-state index in [0.29, 0.717) is 29.0 Å². The summed E-state index contributed by atoms with van der Waals surface area (Å²) in [6.07, 6.45) is -0.151. The van der Waals surface area contributed by atoms with Gasteiger partial charge in [0.1, 0.15) is 6.04 Å². The molecule has 39 heavy (non-hydrogen) atoms. The Bertz CT molecular complexity index is 1380. The molecule has 2 amide bonds. The molecule has 4 rings (SSSR count). The van der Waals surface area contributed by atoms with Gasteiger partial charge >= 0.3 is 11.9 Å². The molecule has 0 saturated carbocycles. The van der Waals surface area contributed by atoms with Gasteiger partial charge in [-0.2, -0.15) is 0 Å². The minimum Gasteiger partial charge on any atom is -0.465 e. The molecule has 0 bridgehead atoms. The maximum atomic E-state index is 13.7. The standard InChI is InChI=1S/C29H27N3O6S/c1-3-38-28(36)21-11-15-23(16-12-21)32-26(34)24(31(29(32)39)18-19-7-5-4-6-8-19)17-25(33)30-22-13-9-20(10-14-22)27(35)37-2/h4-16,24H,3,17-18H2,1-2H3,(H,30,33). The number of ether oxygens (including phenoxy) is 2. The first-order valence-electron chi connectivity index (χ1n) is 12.3. The van der Waals surface area contributed by atoms with Crippen LogP contribution in [0.4, 0.5) is 11.4 Å². The molecule has 10 heteroatoms. The van der Waals surface area contributed by atoms with Crippen LogP contribution in [0.25, 0.3) is 0 Å². The van der Waals surface area contributed by atoms with Crippen molar-refractivity contribution in [3.8, 4) is 0 Å². The highest BCUT2D eigenvalue weighted by molar-refractivity contribution is 7.80. The molecular weight excluding hydrogens is 518 g/mol. The summed E-state index contributed by atoms with van der Waals surface area (Å²) in [5.41, 5.74) is 2.59. The van der Waals surface area contributed by atoms with Gasteiger partial charge in [0.2, 0.25) is 5.91 Å². The minimum atomic E-state index is -0.850. The number of esters is 2. The lowest BCUT2D eigenvalue weighted by Gasteiger charge is -2.24. The monoisotopic (exact) mass is 545 g/mol. The van der Waals surface area contributed by atoms with Crippen LogP contribution in [-0.4, -0.2) is 53.5 Å². The van der Waals surface area contributed by atoms with Crippen LogP contribution < -0.4 is 10.2 Å². The fraction of sp³-hybridized carbons (Fsp3) is 0.207. The molecule has 0 aromatic heterocycles. The molecule has 1 saturated heterocycles. The lowest BCUT2D eigenvalue weighted by atomic mass is 10.1. The van der Waals surface area contributed by atoms with Crippen LogP contribution in [-0.2, 0) is 25.6 Å². The highest BCUT2D eigenvalue weighted by Crippen LogP contribution is 2.29. The Morgan fingerprint density at radius 2 is 1.51 bits per heavy atom. The van der Waals surface area contributed by atoms with E-state index in [1.807, 2.05) is 30.3 Å². The first-order chi connectivity index (χ1) is 18.8. The number of hydrogen-bond donors (Lipinski definition) is 1. The number of amides is 2. The van der Waals surface area contributed by atoms with Crippen molar-refractivity contribution in [1.29, 1.82) is 0 Å². The van der Waals surface area contributed by atoms with Crippen LogP contribution >= 0.6 is 12.2 Å². The molecule has 1 atom stereocenters. The molecule has 3 aromatic carbocycles. The van der Waals surface area contributed by atoms with Crippen molar-refractivity contribution in [3.63, 3.8) is 0 Å². The van der Waals surface area contributed by atoms with Gasteiger partial charge in [0, 0.05) is 12.2 Å². The molecule has 0 spiro atoms. The summed E-state index contributed by atoms with van der Waals surface area (Å²) in [6, 6.07) is 21.3. The Labute approximate surface area is 231 Å². The van der Waals surface area contributed by atoms with Gasteiger partial charge in [-0.25, -0.2) is 9.59 Å². The average Bonchev–Trinajstić information content (AvgIpc) is 3.17. The third-order valence-electron chi connectivity index (χ3n) is 6.12. The topological polar surface area (TPSA) is 105 Å². The first kappa shape index (κ1) is 27.5. The quantitative estimate of drug-likeness (QED) is 0.315. The summed E-state index contributed by atoms with van der Waals surface area (Å²) >= 11 is 5.72. The van der Waals surface area contributed by atoms with Gasteiger partial charge in [0.25, 0.3) is 5.91 Å². The van der Waals surface area contributed by atoms with Gasteiger partial charge < -0.3 is 19.7 Å². The van der Waals surface area contributed by atoms with E-state index >= 15 is 0 Å². The van der Waals surface area contributed by atoms with Crippen LogP contribution in [0.2, 0.25) is 0 Å². The van der Waals surface area contributed by atoms with E-state index in [-0.39, 0.29) is 30.0 Å². The van der Waals surface area contributed by atoms with E-state index < -0.39 is 18.0 Å². The van der Waals surface area contributed by atoms with E-state index in [2.05, 4.69) is 5.32 Å². The third kappa shape index (κ3) is 6.29. The lowest BCUT2D eigenvalue weighted by molar-refractivity contribution is -0.124. The predicted molar refractivity (Wildman–Crippen MR) is 149 cm³/mol. The SMILES string of the molecule is CCOC(=O)c1ccc(N2C(=O)C(CC(=O)Nc3ccc(C(=O)OC)cc3)N(Cc3ccccc3)C2=S)cc1. The van der Waals surface area contributed by atoms with Crippen LogP contribution in [0.1, 0.15) is 39.6 Å². The Kier molecular flexibility index (Phi) is 8.67. The molecular formula is C29H27N3O6S. The van der Waals surface area contributed by atoms with Gasteiger partial charge in [0.05, 0.1) is 37.0 Å². The molecule has 1 aliphatic heterocycles. The van der Waals surface area contributed by atoms with Gasteiger partial charge in [-0.1, -0.05) is 30.3 Å². The summed E-state index contributed by atoms with van der Waals surface area (Å²) in [7, 11) is 1.29. The van der Waals surface area contributed by atoms with E-state index in [1.165, 1.54) is 12.0 Å². The highest BCUT2D eigenvalue weighted by atomic mass is 32.1. The van der Waals surface area contributed by atoms with Crippen molar-refractivity contribution < 1.29 is 28.7 Å². The summed E-state index contributed by atoms with van der Waals surface area (Å²) in [6.45, 7) is 2.31. The average molecular weight is 546 g/mol. The summed E-state index contributed by atoms with van der Waals surface area (Å²) in [5, 5.41) is 3.03. The predicted octanol–water partition coefficient (Wildman–Crippen LogP) is 4.18. The molecule has 200 valence electrons. The van der Waals surface area contributed by atoms with Crippen molar-refractivity contribution in [2.75, 3.05) is 23.9 Å². The summed E-state index contributed by atoms with van der Waals surface area (Å²) in [5.74, 6) is -1.68. The Morgan fingerprint density at radius 3 is 2.13 bits per heavy atom. The Hall–Kier alpha value is -4.57. The molecule has 3 aromatic rings. The number of nitrogens with one attached hydrogen (secondary N) is 1. The second kappa shape index (κ2) is 12.3. The van der Waals surface area contributed by atoms with Gasteiger partial charge in [0.15, 0.2) is 5.11 Å². The second-order valence-corrected chi connectivity index (χ2v) is 9.04. The number of nitrogens with zero attached hydrogens (tertiary/aromatic N) is 2. The number of carbonyl (C=O) groups is 4. The number of thiocarbonyl (C=S) groups is 1. The maximum absolute atomic E-state index is 13.7. The van der Waals surface area contributed by atoms with Crippen molar-refractivity contribution in [2.45, 2.75) is 25.9 Å². The second-order valence-electron chi connectivity index (χ2n) is 8.67. The number of hydrogen-bond acceptors (Lipinski definition) is 7. The molecule has 9 nitrogen and oxygen atoms in total. The number of methoxy groups -OCH3 is 1. The number of carbonyl (C=O) groups excluding carboxylic acids is 4. The fourth-order valence-corrected chi connectivity index (χ4v) is 4.57. The summed E-state index contributed by atoms with van der Waals surface area (Å²) in [4.78, 5) is 53.5. The first-order valence-corrected chi connectivity index (χ1v) is 12.7. The molecule has 1 heterocycles. The van der Waals surface area contributed by atoms with E-state index in [1.54, 1.807) is 60.4 Å². The largest absolute Gasteiger partial charge is 0.465 e. The number of rotatable bonds is 9. The number of benzene rings is 3. The Morgan fingerprint density at radius 1 is 0.897 bits per heavy atom. The van der Waals surface area contributed by atoms with Gasteiger partial charge in [-0.3, -0.25) is 14.5 Å². The lowest BCUT2D eigenvalue weighted by Crippen LogP contribution is -2.37. The van der Waals surface area contributed by atoms with Gasteiger partial charge in [-0.05, 0) is 73.2 Å². The zero-order valence-corrected chi connectivity index (χ0v) is 22.3. The normalized spacial score (nSPS) is 14.8. The van der Waals surface area contributed by atoms with Crippen molar-refractivity contribution in [1.82, 2.24) is 4.90 Å². The van der Waals surface area contributed by atoms with Crippen LogP contribution in [0, 0.1) is 0 Å². The smallest absolute Gasteiger partial charge is 0.338 e. The van der Waals surface area contributed by atoms with Crippen LogP contribution in [0.3, 0.4) is 0 Å². The van der Waals surface area contributed by atoms with Gasteiger partial charge in [-0.15, -0.1) is 0 Å². The molecule has 1 aliphatic rings. The number of anilines is 2. The third-order valence-corrected chi connectivity index (χ3v) is 6.54. The minimum absolute atomic E-state index is 0.151. The highest BCUT2D eigenvalue weighted by Gasteiger charge is 2.44.